The molecule has 0 unspecified atom stereocenters. The van der Waals surface area contributed by atoms with Crippen LogP contribution < -0.4 is 9.62 Å². The number of hydrogen-bond donors (Lipinski definition) is 1. The van der Waals surface area contributed by atoms with Crippen molar-refractivity contribution in [3.63, 3.8) is 0 Å². The third-order valence-electron chi connectivity index (χ3n) is 5.19. The Morgan fingerprint density at radius 3 is 2.37 bits per heavy atom. The van der Waals surface area contributed by atoms with Crippen LogP contribution in [0.3, 0.4) is 0 Å². The van der Waals surface area contributed by atoms with Crippen molar-refractivity contribution in [1.29, 1.82) is 5.26 Å². The molecule has 0 atom stereocenters. The van der Waals surface area contributed by atoms with Gasteiger partial charge in [0.05, 0.1) is 49.9 Å². The Labute approximate surface area is 211 Å². The number of hydrogen-bond acceptors (Lipinski definition) is 8. The van der Waals surface area contributed by atoms with Crippen LogP contribution in [0.4, 0.5) is 10.8 Å². The van der Waals surface area contributed by atoms with Gasteiger partial charge >= 0.3 is 0 Å². The minimum Gasteiger partial charge on any atom is -0.302 e. The first-order valence-electron chi connectivity index (χ1n) is 10.4. The first kappa shape index (κ1) is 24.5. The summed E-state index contributed by atoms with van der Waals surface area (Å²) in [6.07, 6.45) is 0.0827. The summed E-state index contributed by atoms with van der Waals surface area (Å²) in [6, 6.07) is 14.5. The van der Waals surface area contributed by atoms with Crippen LogP contribution in [-0.2, 0) is 21.2 Å². The number of carbonyl (C=O) groups is 1. The molecule has 0 aliphatic heterocycles. The van der Waals surface area contributed by atoms with Crippen molar-refractivity contribution in [3.05, 3.63) is 75.7 Å². The first-order chi connectivity index (χ1) is 16.7. The predicted molar refractivity (Wildman–Crippen MR) is 138 cm³/mol. The second-order valence-electron chi connectivity index (χ2n) is 7.69. The molecule has 178 valence electrons. The van der Waals surface area contributed by atoms with Gasteiger partial charge in [-0.1, -0.05) is 12.1 Å². The number of nitrogens with zero attached hydrogens (tertiary/aromatic N) is 4. The monoisotopic (exact) mass is 523 g/mol. The highest BCUT2D eigenvalue weighted by atomic mass is 32.2. The zero-order valence-electron chi connectivity index (χ0n) is 19.1. The first-order valence-corrected chi connectivity index (χ1v) is 13.6. The Hall–Kier alpha value is -3.59. The quantitative estimate of drug-likeness (QED) is 0.373. The van der Waals surface area contributed by atoms with E-state index in [2.05, 4.69) is 15.3 Å². The maximum atomic E-state index is 13.0. The van der Waals surface area contributed by atoms with E-state index in [1.165, 1.54) is 30.5 Å². The van der Waals surface area contributed by atoms with E-state index < -0.39 is 10.0 Å². The van der Waals surface area contributed by atoms with E-state index in [1.807, 2.05) is 25.3 Å². The molecular formula is C24H21N5O3S3. The van der Waals surface area contributed by atoms with Crippen LogP contribution >= 0.6 is 22.7 Å². The van der Waals surface area contributed by atoms with Crippen molar-refractivity contribution >= 4 is 49.4 Å². The molecule has 4 rings (SSSR count). The van der Waals surface area contributed by atoms with Crippen LogP contribution in [0.5, 0.6) is 0 Å². The summed E-state index contributed by atoms with van der Waals surface area (Å²) < 4.78 is 27.1. The van der Waals surface area contributed by atoms with Crippen LogP contribution in [0.15, 0.2) is 58.8 Å². The third kappa shape index (κ3) is 5.40. The molecule has 2 aromatic heterocycles. The van der Waals surface area contributed by atoms with E-state index in [4.69, 9.17) is 5.26 Å². The highest BCUT2D eigenvalue weighted by Crippen LogP contribution is 2.32. The van der Waals surface area contributed by atoms with Crippen molar-refractivity contribution in [1.82, 2.24) is 9.97 Å². The lowest BCUT2D eigenvalue weighted by Crippen LogP contribution is -2.26. The lowest BCUT2D eigenvalue weighted by molar-refractivity contribution is -0.115. The molecular weight excluding hydrogens is 502 g/mol. The molecule has 1 N–H and O–H groups in total. The molecule has 0 saturated carbocycles. The number of sulfonamides is 1. The molecule has 0 aliphatic carbocycles. The van der Waals surface area contributed by atoms with Crippen LogP contribution in [0.2, 0.25) is 0 Å². The number of nitriles is 1. The second kappa shape index (κ2) is 9.95. The maximum Gasteiger partial charge on any atom is 0.264 e. The van der Waals surface area contributed by atoms with Gasteiger partial charge in [0, 0.05) is 12.4 Å². The minimum absolute atomic E-state index is 0.0827. The molecule has 0 spiro atoms. The normalized spacial score (nSPS) is 11.1. The van der Waals surface area contributed by atoms with Gasteiger partial charge < -0.3 is 5.32 Å². The third-order valence-corrected chi connectivity index (χ3v) is 8.85. The number of aryl methyl sites for hydroxylation is 2. The lowest BCUT2D eigenvalue weighted by atomic mass is 10.1. The smallest absolute Gasteiger partial charge is 0.264 e. The molecule has 2 heterocycles. The molecule has 1 amide bonds. The number of anilines is 2. The number of nitrogens with one attached hydrogen (secondary N) is 1. The van der Waals surface area contributed by atoms with Crippen molar-refractivity contribution in [2.45, 2.75) is 25.2 Å². The summed E-state index contributed by atoms with van der Waals surface area (Å²) in [5, 5.41) is 15.1. The second-order valence-corrected chi connectivity index (χ2v) is 11.7. The van der Waals surface area contributed by atoms with Crippen LogP contribution in [0, 0.1) is 25.2 Å². The SMILES string of the molecule is Cc1nc(C)c(-c2csc(NC(=O)Cc3ccc(S(=O)(=O)N(C)c4ccc(C#N)cc4)cc3)n2)s1. The Kier molecular flexibility index (Phi) is 6.98. The molecule has 11 heteroatoms. The molecule has 4 aromatic rings. The van der Waals surface area contributed by atoms with Crippen LogP contribution in [0.1, 0.15) is 21.8 Å². The zero-order chi connectivity index (χ0) is 25.2. The molecule has 0 fully saturated rings. The van der Waals surface area contributed by atoms with E-state index >= 15 is 0 Å². The van der Waals surface area contributed by atoms with Crippen molar-refractivity contribution in [3.8, 4) is 16.6 Å². The number of benzene rings is 2. The molecule has 2 aromatic carbocycles. The standard InChI is InChI=1S/C24H21N5O3S3/c1-15-23(34-16(2)26-15)21-14-33-24(27-21)28-22(30)12-17-6-10-20(11-7-17)35(31,32)29(3)19-8-4-18(13-25)5-9-19/h4-11,14H,12H2,1-3H3,(H,27,28,30). The van der Waals surface area contributed by atoms with Crippen molar-refractivity contribution < 1.29 is 13.2 Å². The minimum atomic E-state index is -3.79. The summed E-state index contributed by atoms with van der Waals surface area (Å²) in [6.45, 7) is 3.88. The average molecular weight is 524 g/mol. The molecule has 35 heavy (non-hydrogen) atoms. The van der Waals surface area contributed by atoms with Gasteiger partial charge in [0.2, 0.25) is 5.91 Å². The summed E-state index contributed by atoms with van der Waals surface area (Å²) in [5.74, 6) is -0.242. The maximum absolute atomic E-state index is 13.0. The Morgan fingerprint density at radius 1 is 1.09 bits per heavy atom. The summed E-state index contributed by atoms with van der Waals surface area (Å²) in [5.41, 5.74) is 3.27. The Morgan fingerprint density at radius 2 is 1.77 bits per heavy atom. The van der Waals surface area contributed by atoms with Gasteiger partial charge in [0.1, 0.15) is 0 Å². The van der Waals surface area contributed by atoms with Gasteiger partial charge in [0.25, 0.3) is 10.0 Å². The van der Waals surface area contributed by atoms with Crippen LogP contribution in [0.25, 0.3) is 10.6 Å². The van der Waals surface area contributed by atoms with Crippen molar-refractivity contribution in [2.75, 3.05) is 16.7 Å². The summed E-state index contributed by atoms with van der Waals surface area (Å²) in [4.78, 5) is 22.5. The Bertz CT molecular complexity index is 1520. The average Bonchev–Trinajstić information content (AvgIpc) is 3.43. The number of aromatic nitrogens is 2. The lowest BCUT2D eigenvalue weighted by Gasteiger charge is -2.19. The molecule has 0 aliphatic rings. The summed E-state index contributed by atoms with van der Waals surface area (Å²) in [7, 11) is -2.34. The van der Waals surface area contributed by atoms with Crippen LogP contribution in [-0.4, -0.2) is 31.3 Å². The fraction of sp³-hybridized carbons (Fsp3) is 0.167. The summed E-state index contributed by atoms with van der Waals surface area (Å²) >= 11 is 2.91. The van der Waals surface area contributed by atoms with Gasteiger partial charge in [0.15, 0.2) is 5.13 Å². The molecule has 0 bridgehead atoms. The zero-order valence-corrected chi connectivity index (χ0v) is 21.6. The number of carbonyl (C=O) groups excluding carboxylic acids is 1. The van der Waals surface area contributed by atoms with Gasteiger partial charge in [-0.25, -0.2) is 18.4 Å². The fourth-order valence-electron chi connectivity index (χ4n) is 3.38. The fourth-order valence-corrected chi connectivity index (χ4v) is 6.24. The number of rotatable bonds is 7. The topological polar surface area (TPSA) is 116 Å². The van der Waals surface area contributed by atoms with E-state index in [0.29, 0.717) is 21.9 Å². The van der Waals surface area contributed by atoms with Gasteiger partial charge in [-0.2, -0.15) is 5.26 Å². The van der Waals surface area contributed by atoms with E-state index in [-0.39, 0.29) is 17.2 Å². The predicted octanol–water partition coefficient (Wildman–Crippen LogP) is 4.76. The molecule has 0 radical (unpaired) electrons. The largest absolute Gasteiger partial charge is 0.302 e. The highest BCUT2D eigenvalue weighted by molar-refractivity contribution is 7.92. The number of thiazole rings is 2. The molecule has 8 nitrogen and oxygen atoms in total. The van der Waals surface area contributed by atoms with Gasteiger partial charge in [-0.15, -0.1) is 22.7 Å². The van der Waals surface area contributed by atoms with E-state index in [0.717, 1.165) is 25.6 Å². The van der Waals surface area contributed by atoms with E-state index in [1.54, 1.807) is 47.7 Å². The highest BCUT2D eigenvalue weighted by Gasteiger charge is 2.21. The van der Waals surface area contributed by atoms with Crippen molar-refractivity contribution in [2.24, 2.45) is 0 Å². The number of amides is 1. The van der Waals surface area contributed by atoms with Gasteiger partial charge in [-0.3, -0.25) is 9.10 Å². The van der Waals surface area contributed by atoms with Gasteiger partial charge in [-0.05, 0) is 55.8 Å². The van der Waals surface area contributed by atoms with E-state index in [9.17, 15) is 13.2 Å². The molecule has 0 saturated heterocycles. The Balaban J connectivity index is 1.41.